The van der Waals surface area contributed by atoms with E-state index in [1.165, 1.54) is 6.20 Å². The Labute approximate surface area is 148 Å². The maximum Gasteiger partial charge on any atom is 0.249 e. The number of hydrogen-bond donors (Lipinski definition) is 2. The van der Waals surface area contributed by atoms with Gasteiger partial charge in [0.2, 0.25) is 5.95 Å². The fourth-order valence-electron chi connectivity index (χ4n) is 1.94. The highest BCUT2D eigenvalue weighted by Crippen LogP contribution is 2.27. The Morgan fingerprint density at radius 2 is 1.92 bits per heavy atom. The number of aromatic nitrogens is 3. The van der Waals surface area contributed by atoms with Crippen LogP contribution < -0.4 is 10.6 Å². The second-order valence-corrected chi connectivity index (χ2v) is 5.58. The van der Waals surface area contributed by atoms with E-state index < -0.39 is 0 Å². The van der Waals surface area contributed by atoms with Crippen LogP contribution in [0.3, 0.4) is 0 Å². The molecule has 8 heteroatoms. The van der Waals surface area contributed by atoms with Crippen LogP contribution in [-0.4, -0.2) is 15.2 Å². The first-order valence-corrected chi connectivity index (χ1v) is 7.58. The number of anilines is 4. The average molecular weight is 357 g/mol. The summed E-state index contributed by atoms with van der Waals surface area (Å²) in [7, 11) is 0. The summed E-state index contributed by atoms with van der Waals surface area (Å²) < 4.78 is 0. The minimum Gasteiger partial charge on any atom is -0.338 e. The summed E-state index contributed by atoms with van der Waals surface area (Å²) in [6.45, 7) is 0. The largest absolute Gasteiger partial charge is 0.338 e. The molecule has 0 radical (unpaired) electrons. The molecule has 3 aromatic rings. The fraction of sp³-hybridized carbons (Fsp3) is 0. The number of nitrogens with one attached hydrogen (secondary N) is 2. The predicted octanol–water partition coefficient (Wildman–Crippen LogP) is 4.54. The van der Waals surface area contributed by atoms with Gasteiger partial charge in [-0.3, -0.25) is 0 Å². The number of hydrogen-bond acceptors (Lipinski definition) is 6. The molecule has 0 aliphatic heterocycles. The van der Waals surface area contributed by atoms with E-state index in [4.69, 9.17) is 28.5 Å². The molecule has 0 amide bonds. The van der Waals surface area contributed by atoms with Gasteiger partial charge >= 0.3 is 0 Å². The van der Waals surface area contributed by atoms with Crippen LogP contribution in [0.25, 0.3) is 0 Å². The molecule has 1 aromatic heterocycles. The highest BCUT2D eigenvalue weighted by Gasteiger charge is 2.06. The van der Waals surface area contributed by atoms with Crippen LogP contribution in [0.5, 0.6) is 0 Å². The van der Waals surface area contributed by atoms with Crippen molar-refractivity contribution in [3.8, 4) is 6.07 Å². The molecule has 0 saturated heterocycles. The van der Waals surface area contributed by atoms with Crippen molar-refractivity contribution >= 4 is 46.3 Å². The first kappa shape index (κ1) is 16.0. The molecule has 2 N–H and O–H groups in total. The van der Waals surface area contributed by atoms with Crippen molar-refractivity contribution in [1.82, 2.24) is 15.2 Å². The zero-order valence-electron chi connectivity index (χ0n) is 12.2. The number of nitrogens with zero attached hydrogens (tertiary/aromatic N) is 4. The monoisotopic (exact) mass is 356 g/mol. The van der Waals surface area contributed by atoms with Gasteiger partial charge in [0.1, 0.15) is 0 Å². The maximum absolute atomic E-state index is 8.93. The molecule has 1 heterocycles. The Kier molecular flexibility index (Phi) is 4.75. The Hall–Kier alpha value is -2.88. The lowest BCUT2D eigenvalue weighted by Gasteiger charge is -2.09. The lowest BCUT2D eigenvalue weighted by atomic mass is 10.2. The molecule has 118 valence electrons. The lowest BCUT2D eigenvalue weighted by molar-refractivity contribution is 0.982. The van der Waals surface area contributed by atoms with Gasteiger partial charge in [-0.25, -0.2) is 0 Å². The quantitative estimate of drug-likeness (QED) is 0.713. The van der Waals surface area contributed by atoms with E-state index in [1.807, 2.05) is 0 Å². The van der Waals surface area contributed by atoms with Crippen molar-refractivity contribution in [3.05, 3.63) is 64.3 Å². The van der Waals surface area contributed by atoms with Crippen LogP contribution in [0, 0.1) is 11.3 Å². The van der Waals surface area contributed by atoms with E-state index in [-0.39, 0.29) is 5.95 Å². The molecule has 0 atom stereocenters. The Morgan fingerprint density at radius 3 is 2.75 bits per heavy atom. The molecule has 6 nitrogen and oxygen atoms in total. The van der Waals surface area contributed by atoms with Crippen molar-refractivity contribution in [3.63, 3.8) is 0 Å². The SMILES string of the molecule is N#Cc1cccc(Nc2nncc(Nc3cc(Cl)ccc3Cl)n2)c1. The van der Waals surface area contributed by atoms with E-state index >= 15 is 0 Å². The van der Waals surface area contributed by atoms with Gasteiger partial charge in [-0.05, 0) is 36.4 Å². The van der Waals surface area contributed by atoms with Crippen LogP contribution in [0.1, 0.15) is 5.56 Å². The average Bonchev–Trinajstić information content (AvgIpc) is 2.59. The Balaban J connectivity index is 1.81. The number of nitriles is 1. The van der Waals surface area contributed by atoms with Crippen molar-refractivity contribution in [2.45, 2.75) is 0 Å². The normalized spacial score (nSPS) is 10.0. The smallest absolute Gasteiger partial charge is 0.249 e. The van der Waals surface area contributed by atoms with Gasteiger partial charge in [-0.2, -0.15) is 15.3 Å². The second kappa shape index (κ2) is 7.13. The minimum atomic E-state index is 0.285. The van der Waals surface area contributed by atoms with E-state index in [9.17, 15) is 0 Å². The first-order chi connectivity index (χ1) is 11.6. The van der Waals surface area contributed by atoms with Gasteiger partial charge in [-0.1, -0.05) is 29.3 Å². The molecule has 0 bridgehead atoms. The maximum atomic E-state index is 8.93. The van der Waals surface area contributed by atoms with Crippen molar-refractivity contribution in [2.24, 2.45) is 0 Å². The molecule has 2 aromatic carbocycles. The van der Waals surface area contributed by atoms with Crippen LogP contribution in [0.2, 0.25) is 10.0 Å². The van der Waals surface area contributed by atoms with E-state index in [0.717, 1.165) is 0 Å². The molecule has 0 saturated carbocycles. The molecule has 24 heavy (non-hydrogen) atoms. The standard InChI is InChI=1S/C16H10Cl2N6/c17-11-4-5-13(18)14(7-11)22-15-9-20-24-16(23-15)21-12-3-1-2-10(6-12)8-19/h1-7,9H,(H2,21,22,23,24). The number of rotatable bonds is 4. The molecule has 0 unspecified atom stereocenters. The summed E-state index contributed by atoms with van der Waals surface area (Å²) in [6.07, 6.45) is 1.47. The molecular weight excluding hydrogens is 347 g/mol. The molecular formula is C16H10Cl2N6. The summed E-state index contributed by atoms with van der Waals surface area (Å²) in [4.78, 5) is 4.31. The number of benzene rings is 2. The lowest BCUT2D eigenvalue weighted by Crippen LogP contribution is -2.02. The van der Waals surface area contributed by atoms with Gasteiger partial charge in [-0.15, -0.1) is 5.10 Å². The summed E-state index contributed by atoms with van der Waals surface area (Å²) in [6, 6.07) is 14.1. The Bertz CT molecular complexity index is 922. The van der Waals surface area contributed by atoms with Gasteiger partial charge in [0.05, 0.1) is 28.5 Å². The highest BCUT2D eigenvalue weighted by molar-refractivity contribution is 6.35. The van der Waals surface area contributed by atoms with E-state index in [1.54, 1.807) is 42.5 Å². The zero-order valence-corrected chi connectivity index (χ0v) is 13.7. The molecule has 0 aliphatic carbocycles. The molecule has 0 spiro atoms. The zero-order chi connectivity index (χ0) is 16.9. The van der Waals surface area contributed by atoms with Gasteiger partial charge < -0.3 is 10.6 Å². The van der Waals surface area contributed by atoms with Crippen molar-refractivity contribution in [2.75, 3.05) is 10.6 Å². The highest BCUT2D eigenvalue weighted by atomic mass is 35.5. The molecule has 3 rings (SSSR count). The van der Waals surface area contributed by atoms with E-state index in [0.29, 0.717) is 32.8 Å². The predicted molar refractivity (Wildman–Crippen MR) is 94.0 cm³/mol. The summed E-state index contributed by atoms with van der Waals surface area (Å²) in [5.41, 5.74) is 1.84. The van der Waals surface area contributed by atoms with Crippen LogP contribution in [0.15, 0.2) is 48.7 Å². The third kappa shape index (κ3) is 3.90. The first-order valence-electron chi connectivity index (χ1n) is 6.83. The summed E-state index contributed by atoms with van der Waals surface area (Å²) in [5.74, 6) is 0.737. The Morgan fingerprint density at radius 1 is 1.04 bits per heavy atom. The summed E-state index contributed by atoms with van der Waals surface area (Å²) >= 11 is 12.1. The third-order valence-electron chi connectivity index (χ3n) is 3.00. The number of halogens is 2. The van der Waals surface area contributed by atoms with E-state index in [2.05, 4.69) is 31.9 Å². The van der Waals surface area contributed by atoms with Crippen molar-refractivity contribution < 1.29 is 0 Å². The topological polar surface area (TPSA) is 86.5 Å². The minimum absolute atomic E-state index is 0.285. The molecule has 0 aliphatic rings. The fourth-order valence-corrected chi connectivity index (χ4v) is 2.28. The van der Waals surface area contributed by atoms with Gasteiger partial charge in [0.15, 0.2) is 5.82 Å². The summed E-state index contributed by atoms with van der Waals surface area (Å²) in [5, 5.41) is 23.8. The second-order valence-electron chi connectivity index (χ2n) is 4.73. The van der Waals surface area contributed by atoms with Crippen LogP contribution in [-0.2, 0) is 0 Å². The van der Waals surface area contributed by atoms with Gasteiger partial charge in [0.25, 0.3) is 0 Å². The van der Waals surface area contributed by atoms with Gasteiger partial charge in [0, 0.05) is 10.7 Å². The van der Waals surface area contributed by atoms with Crippen molar-refractivity contribution in [1.29, 1.82) is 5.26 Å². The van der Waals surface area contributed by atoms with Crippen LogP contribution in [0.4, 0.5) is 23.1 Å². The third-order valence-corrected chi connectivity index (χ3v) is 3.56. The molecule has 0 fully saturated rings. The van der Waals surface area contributed by atoms with Crippen LogP contribution >= 0.6 is 23.2 Å².